The van der Waals surface area contributed by atoms with E-state index in [9.17, 15) is 13.5 Å². The van der Waals surface area contributed by atoms with Crippen molar-refractivity contribution in [2.24, 2.45) is 0 Å². The lowest BCUT2D eigenvalue weighted by Crippen LogP contribution is -2.32. The van der Waals surface area contributed by atoms with Crippen LogP contribution in [-0.2, 0) is 14.8 Å². The number of hydrogen-bond acceptors (Lipinski definition) is 4. The van der Waals surface area contributed by atoms with Crippen molar-refractivity contribution < 1.29 is 18.3 Å². The van der Waals surface area contributed by atoms with Crippen molar-refractivity contribution in [3.8, 4) is 5.75 Å². The Kier molecular flexibility index (Phi) is 3.83. The van der Waals surface area contributed by atoms with Gasteiger partial charge in [0.25, 0.3) is 0 Å². The molecule has 0 amide bonds. The first-order valence-electron chi connectivity index (χ1n) is 6.06. The zero-order chi connectivity index (χ0) is 14.8. The molecule has 106 valence electrons. The van der Waals surface area contributed by atoms with Gasteiger partial charge in [0.2, 0.25) is 9.84 Å². The minimum Gasteiger partial charge on any atom is -0.497 e. The van der Waals surface area contributed by atoms with Gasteiger partial charge in [-0.3, -0.25) is 0 Å². The molecule has 0 aliphatic heterocycles. The van der Waals surface area contributed by atoms with Crippen LogP contribution in [-0.4, -0.2) is 20.6 Å². The van der Waals surface area contributed by atoms with Crippen LogP contribution in [0.25, 0.3) is 0 Å². The summed E-state index contributed by atoms with van der Waals surface area (Å²) in [6, 6.07) is 14.2. The maximum absolute atomic E-state index is 12.5. The topological polar surface area (TPSA) is 63.6 Å². The van der Waals surface area contributed by atoms with E-state index in [0.717, 1.165) is 0 Å². The summed E-state index contributed by atoms with van der Waals surface area (Å²) in [6.45, 7) is 1.27. The second-order valence-corrected chi connectivity index (χ2v) is 6.80. The Morgan fingerprint density at radius 3 is 2.05 bits per heavy atom. The van der Waals surface area contributed by atoms with Crippen molar-refractivity contribution in [2.75, 3.05) is 7.11 Å². The average Bonchev–Trinajstić information content (AvgIpc) is 2.48. The standard InChI is InChI=1S/C15H16O4S/c1-15(16,12-8-10-13(19-2)11-9-12)20(17,18)14-6-4-3-5-7-14/h3-11,16H,1-2H3. The van der Waals surface area contributed by atoms with Crippen LogP contribution >= 0.6 is 0 Å². The summed E-state index contributed by atoms with van der Waals surface area (Å²) in [4.78, 5) is -1.92. The molecule has 2 aromatic carbocycles. The Balaban J connectivity index is 2.48. The number of aliphatic hydroxyl groups is 1. The second-order valence-electron chi connectivity index (χ2n) is 4.53. The van der Waals surface area contributed by atoms with Crippen LogP contribution in [0.15, 0.2) is 59.5 Å². The highest BCUT2D eigenvalue weighted by Gasteiger charge is 2.39. The lowest BCUT2D eigenvalue weighted by atomic mass is 10.1. The first-order valence-corrected chi connectivity index (χ1v) is 7.54. The molecule has 0 aliphatic carbocycles. The third kappa shape index (κ3) is 2.42. The molecule has 4 nitrogen and oxygen atoms in total. The lowest BCUT2D eigenvalue weighted by Gasteiger charge is -2.24. The van der Waals surface area contributed by atoms with Gasteiger partial charge in [-0.25, -0.2) is 8.42 Å². The van der Waals surface area contributed by atoms with E-state index in [2.05, 4.69) is 0 Å². The van der Waals surface area contributed by atoms with E-state index in [4.69, 9.17) is 4.74 Å². The van der Waals surface area contributed by atoms with Crippen LogP contribution in [0.3, 0.4) is 0 Å². The fraction of sp³-hybridized carbons (Fsp3) is 0.200. The van der Waals surface area contributed by atoms with Gasteiger partial charge in [0.05, 0.1) is 12.0 Å². The van der Waals surface area contributed by atoms with E-state index in [-0.39, 0.29) is 4.90 Å². The van der Waals surface area contributed by atoms with E-state index in [1.54, 1.807) is 42.5 Å². The maximum Gasteiger partial charge on any atom is 0.211 e. The first kappa shape index (κ1) is 14.6. The van der Waals surface area contributed by atoms with Crippen molar-refractivity contribution in [2.45, 2.75) is 16.8 Å². The maximum atomic E-state index is 12.5. The quantitative estimate of drug-likeness (QED) is 0.939. The molecule has 1 N–H and O–H groups in total. The Morgan fingerprint density at radius 1 is 1.00 bits per heavy atom. The Labute approximate surface area is 118 Å². The summed E-state index contributed by atoms with van der Waals surface area (Å²) in [5.41, 5.74) is 0.294. The molecule has 0 aromatic heterocycles. The van der Waals surface area contributed by atoms with Gasteiger partial charge in [-0.1, -0.05) is 30.3 Å². The lowest BCUT2D eigenvalue weighted by molar-refractivity contribution is 0.145. The van der Waals surface area contributed by atoms with Gasteiger partial charge in [0.1, 0.15) is 5.75 Å². The van der Waals surface area contributed by atoms with Gasteiger partial charge >= 0.3 is 0 Å². The summed E-state index contributed by atoms with van der Waals surface area (Å²) < 4.78 is 30.1. The van der Waals surface area contributed by atoms with Crippen molar-refractivity contribution in [1.82, 2.24) is 0 Å². The van der Waals surface area contributed by atoms with E-state index in [1.807, 2.05) is 0 Å². The number of benzene rings is 2. The van der Waals surface area contributed by atoms with E-state index in [1.165, 1.54) is 26.2 Å². The molecule has 20 heavy (non-hydrogen) atoms. The third-order valence-corrected chi connectivity index (χ3v) is 5.38. The van der Waals surface area contributed by atoms with Crippen LogP contribution in [0, 0.1) is 0 Å². The molecule has 2 rings (SSSR count). The number of rotatable bonds is 4. The molecular weight excluding hydrogens is 276 g/mol. The van der Waals surface area contributed by atoms with Gasteiger partial charge in [0.15, 0.2) is 4.93 Å². The molecule has 0 saturated heterocycles. The summed E-state index contributed by atoms with van der Waals surface area (Å²) in [6.07, 6.45) is 0. The largest absolute Gasteiger partial charge is 0.497 e. The molecule has 2 aromatic rings. The minimum absolute atomic E-state index is 0.0841. The van der Waals surface area contributed by atoms with Crippen molar-refractivity contribution in [3.63, 3.8) is 0 Å². The molecule has 5 heteroatoms. The van der Waals surface area contributed by atoms with Crippen LogP contribution in [0.1, 0.15) is 12.5 Å². The molecule has 1 unspecified atom stereocenters. The molecule has 0 fully saturated rings. The summed E-state index contributed by atoms with van der Waals surface area (Å²) in [5.74, 6) is 0.599. The second kappa shape index (κ2) is 5.26. The first-order chi connectivity index (χ1) is 9.39. The fourth-order valence-corrected chi connectivity index (χ4v) is 3.31. The average molecular weight is 292 g/mol. The molecule has 0 heterocycles. The van der Waals surface area contributed by atoms with Gasteiger partial charge in [-0.2, -0.15) is 0 Å². The van der Waals surface area contributed by atoms with Crippen molar-refractivity contribution in [1.29, 1.82) is 0 Å². The molecule has 0 bridgehead atoms. The van der Waals surface area contributed by atoms with Crippen molar-refractivity contribution in [3.05, 3.63) is 60.2 Å². The van der Waals surface area contributed by atoms with E-state index in [0.29, 0.717) is 11.3 Å². The van der Waals surface area contributed by atoms with Gasteiger partial charge in [-0.05, 0) is 36.8 Å². The van der Waals surface area contributed by atoms with Gasteiger partial charge in [-0.15, -0.1) is 0 Å². The minimum atomic E-state index is -3.90. The molecule has 0 spiro atoms. The number of methoxy groups -OCH3 is 1. The highest BCUT2D eigenvalue weighted by Crippen LogP contribution is 2.33. The summed E-state index contributed by atoms with van der Waals surface area (Å²) in [5, 5.41) is 10.5. The number of sulfone groups is 1. The predicted octanol–water partition coefficient (Wildman–Crippen LogP) is 2.33. The van der Waals surface area contributed by atoms with Gasteiger partial charge < -0.3 is 9.84 Å². The molecule has 1 atom stereocenters. The zero-order valence-electron chi connectivity index (χ0n) is 11.3. The normalized spacial score (nSPS) is 14.6. The SMILES string of the molecule is COc1ccc(C(C)(O)S(=O)(=O)c2ccccc2)cc1. The Bertz CT molecular complexity index is 674. The molecular formula is C15H16O4S. The Hall–Kier alpha value is -1.85. The zero-order valence-corrected chi connectivity index (χ0v) is 12.1. The van der Waals surface area contributed by atoms with E-state index >= 15 is 0 Å². The summed E-state index contributed by atoms with van der Waals surface area (Å²) in [7, 11) is -2.37. The predicted molar refractivity (Wildman–Crippen MR) is 76.2 cm³/mol. The monoisotopic (exact) mass is 292 g/mol. The van der Waals surface area contributed by atoms with Crippen molar-refractivity contribution >= 4 is 9.84 Å². The smallest absolute Gasteiger partial charge is 0.211 e. The van der Waals surface area contributed by atoms with Crippen LogP contribution in [0.5, 0.6) is 5.75 Å². The molecule has 0 saturated carbocycles. The van der Waals surface area contributed by atoms with Crippen LogP contribution in [0.2, 0.25) is 0 Å². The number of ether oxygens (including phenoxy) is 1. The Morgan fingerprint density at radius 2 is 1.55 bits per heavy atom. The highest BCUT2D eigenvalue weighted by molar-refractivity contribution is 7.92. The third-order valence-electron chi connectivity index (χ3n) is 3.20. The fourth-order valence-electron chi connectivity index (χ4n) is 1.88. The molecule has 0 radical (unpaired) electrons. The summed E-state index contributed by atoms with van der Waals surface area (Å²) >= 11 is 0. The highest BCUT2D eigenvalue weighted by atomic mass is 32.2. The van der Waals surface area contributed by atoms with Crippen LogP contribution in [0.4, 0.5) is 0 Å². The number of hydrogen-bond donors (Lipinski definition) is 1. The van der Waals surface area contributed by atoms with E-state index < -0.39 is 14.8 Å². The van der Waals surface area contributed by atoms with Crippen LogP contribution < -0.4 is 4.74 Å². The van der Waals surface area contributed by atoms with Gasteiger partial charge in [0, 0.05) is 0 Å². The molecule has 0 aliphatic rings.